The lowest BCUT2D eigenvalue weighted by Crippen LogP contribution is -2.33. The molecule has 1 aliphatic rings. The average molecular weight is 402 g/mol. The molecule has 7 nitrogen and oxygen atoms in total. The summed E-state index contributed by atoms with van der Waals surface area (Å²) in [4.78, 5) is 25.4. The molecule has 1 heterocycles. The molecule has 1 aliphatic heterocycles. The van der Waals surface area contributed by atoms with Gasteiger partial charge in [-0.05, 0) is 20.5 Å². The number of nitrogens with zero attached hydrogens (tertiary/aromatic N) is 1. The molecule has 0 saturated carbocycles. The standard InChI is InChI=1S/C21H39NO6/c1-4-5-6-7-8-9-10-11-12-13-19(23)27-17-14-20(24)28-18(17)16-26-21(25)15-22(2)3/h17-18,20,24H,4-16H2,1-3H3/t17-,18-,20-/m1/s1. The summed E-state index contributed by atoms with van der Waals surface area (Å²) in [7, 11) is 3.54. The van der Waals surface area contributed by atoms with Crippen molar-refractivity contribution in [3.8, 4) is 0 Å². The minimum atomic E-state index is -0.997. The summed E-state index contributed by atoms with van der Waals surface area (Å²) in [5, 5.41) is 9.68. The Balaban J connectivity index is 2.16. The van der Waals surface area contributed by atoms with Gasteiger partial charge in [0.1, 0.15) is 18.8 Å². The van der Waals surface area contributed by atoms with Gasteiger partial charge in [-0.3, -0.25) is 14.5 Å². The number of carbonyl (C=O) groups excluding carboxylic acids is 2. The minimum Gasteiger partial charge on any atom is -0.462 e. The molecule has 164 valence electrons. The molecule has 28 heavy (non-hydrogen) atoms. The average Bonchev–Trinajstić information content (AvgIpc) is 2.97. The number of rotatable bonds is 15. The summed E-state index contributed by atoms with van der Waals surface area (Å²) in [6, 6.07) is 0. The number of hydrogen-bond donors (Lipinski definition) is 1. The summed E-state index contributed by atoms with van der Waals surface area (Å²) in [5.74, 6) is -0.662. The monoisotopic (exact) mass is 401 g/mol. The topological polar surface area (TPSA) is 85.3 Å². The Morgan fingerprint density at radius 3 is 2.21 bits per heavy atom. The third-order valence-electron chi connectivity index (χ3n) is 4.80. The molecule has 1 rings (SSSR count). The van der Waals surface area contributed by atoms with E-state index in [-0.39, 0.29) is 31.5 Å². The molecule has 0 aliphatic carbocycles. The molecular formula is C21H39NO6. The number of ether oxygens (including phenoxy) is 3. The van der Waals surface area contributed by atoms with Gasteiger partial charge in [-0.1, -0.05) is 58.3 Å². The number of carbonyl (C=O) groups is 2. The van der Waals surface area contributed by atoms with Gasteiger partial charge in [0.2, 0.25) is 0 Å². The van der Waals surface area contributed by atoms with Crippen LogP contribution in [0.5, 0.6) is 0 Å². The molecule has 0 aromatic rings. The van der Waals surface area contributed by atoms with E-state index in [0.717, 1.165) is 19.3 Å². The Hall–Kier alpha value is -1.18. The van der Waals surface area contributed by atoms with Crippen LogP contribution in [0.1, 0.15) is 77.6 Å². The third kappa shape index (κ3) is 11.6. The van der Waals surface area contributed by atoms with Gasteiger partial charge in [0.05, 0.1) is 6.54 Å². The van der Waals surface area contributed by atoms with Gasteiger partial charge in [-0.15, -0.1) is 0 Å². The lowest BCUT2D eigenvalue weighted by Gasteiger charge is -2.19. The normalized spacial score (nSPS) is 21.8. The molecule has 0 bridgehead atoms. The van der Waals surface area contributed by atoms with E-state index in [1.807, 2.05) is 0 Å². The van der Waals surface area contributed by atoms with Crippen molar-refractivity contribution in [2.75, 3.05) is 27.2 Å². The Morgan fingerprint density at radius 2 is 1.61 bits per heavy atom. The van der Waals surface area contributed by atoms with E-state index in [1.54, 1.807) is 19.0 Å². The van der Waals surface area contributed by atoms with E-state index < -0.39 is 18.5 Å². The van der Waals surface area contributed by atoms with E-state index in [9.17, 15) is 14.7 Å². The molecule has 0 unspecified atom stereocenters. The van der Waals surface area contributed by atoms with Crippen LogP contribution in [0.25, 0.3) is 0 Å². The molecule has 0 aromatic carbocycles. The summed E-state index contributed by atoms with van der Waals surface area (Å²) >= 11 is 0. The summed E-state index contributed by atoms with van der Waals surface area (Å²) in [6.45, 7) is 2.36. The van der Waals surface area contributed by atoms with E-state index in [2.05, 4.69) is 6.92 Å². The first kappa shape index (κ1) is 24.9. The van der Waals surface area contributed by atoms with E-state index in [1.165, 1.54) is 38.5 Å². The van der Waals surface area contributed by atoms with Crippen molar-refractivity contribution in [3.63, 3.8) is 0 Å². The lowest BCUT2D eigenvalue weighted by atomic mass is 10.1. The van der Waals surface area contributed by atoms with Gasteiger partial charge in [0.15, 0.2) is 6.29 Å². The van der Waals surface area contributed by atoms with Crippen molar-refractivity contribution in [1.29, 1.82) is 0 Å². The Morgan fingerprint density at radius 1 is 1.00 bits per heavy atom. The Bertz CT molecular complexity index is 443. The molecule has 1 N–H and O–H groups in total. The van der Waals surface area contributed by atoms with Crippen LogP contribution < -0.4 is 0 Å². The Labute approximate surface area is 169 Å². The van der Waals surface area contributed by atoms with Gasteiger partial charge in [0, 0.05) is 12.8 Å². The maximum Gasteiger partial charge on any atom is 0.320 e. The first-order chi connectivity index (χ1) is 13.4. The molecule has 3 atom stereocenters. The van der Waals surface area contributed by atoms with Crippen LogP contribution >= 0.6 is 0 Å². The molecule has 0 spiro atoms. The first-order valence-corrected chi connectivity index (χ1v) is 10.8. The lowest BCUT2D eigenvalue weighted by molar-refractivity contribution is -0.162. The van der Waals surface area contributed by atoms with Crippen molar-refractivity contribution in [2.24, 2.45) is 0 Å². The van der Waals surface area contributed by atoms with E-state index >= 15 is 0 Å². The molecule has 1 fully saturated rings. The number of hydrogen-bond acceptors (Lipinski definition) is 7. The van der Waals surface area contributed by atoms with Crippen LogP contribution in [-0.2, 0) is 23.8 Å². The van der Waals surface area contributed by atoms with Crippen molar-refractivity contribution >= 4 is 11.9 Å². The van der Waals surface area contributed by atoms with Crippen LogP contribution in [0.2, 0.25) is 0 Å². The number of aliphatic hydroxyl groups excluding tert-OH is 1. The van der Waals surface area contributed by atoms with Gasteiger partial charge in [-0.2, -0.15) is 0 Å². The summed E-state index contributed by atoms with van der Waals surface area (Å²) in [6.07, 6.45) is 9.09. The van der Waals surface area contributed by atoms with Gasteiger partial charge >= 0.3 is 11.9 Å². The van der Waals surface area contributed by atoms with Crippen LogP contribution in [-0.4, -0.2) is 67.7 Å². The zero-order valence-electron chi connectivity index (χ0n) is 17.9. The highest BCUT2D eigenvalue weighted by molar-refractivity contribution is 5.71. The second-order valence-electron chi connectivity index (χ2n) is 7.89. The highest BCUT2D eigenvalue weighted by Gasteiger charge is 2.37. The largest absolute Gasteiger partial charge is 0.462 e. The zero-order chi connectivity index (χ0) is 20.8. The maximum atomic E-state index is 12.1. The van der Waals surface area contributed by atoms with Crippen LogP contribution in [0.4, 0.5) is 0 Å². The van der Waals surface area contributed by atoms with E-state index in [0.29, 0.717) is 6.42 Å². The van der Waals surface area contributed by atoms with Gasteiger partial charge < -0.3 is 19.3 Å². The number of unbranched alkanes of at least 4 members (excludes halogenated alkanes) is 8. The second-order valence-corrected chi connectivity index (χ2v) is 7.89. The van der Waals surface area contributed by atoms with Crippen molar-refractivity contribution in [2.45, 2.75) is 96.1 Å². The second kappa shape index (κ2) is 14.8. The molecule has 1 saturated heterocycles. The summed E-state index contributed by atoms with van der Waals surface area (Å²) < 4.78 is 15.9. The quantitative estimate of drug-likeness (QED) is 0.333. The van der Waals surface area contributed by atoms with Crippen molar-refractivity contribution in [3.05, 3.63) is 0 Å². The van der Waals surface area contributed by atoms with Crippen LogP contribution in [0.15, 0.2) is 0 Å². The minimum absolute atomic E-state index is 0.0281. The molecule has 0 aromatic heterocycles. The van der Waals surface area contributed by atoms with Crippen LogP contribution in [0.3, 0.4) is 0 Å². The Kier molecular flexibility index (Phi) is 13.1. The fraction of sp³-hybridized carbons (Fsp3) is 0.905. The number of esters is 2. The number of aliphatic hydroxyl groups is 1. The van der Waals surface area contributed by atoms with Gasteiger partial charge in [-0.25, -0.2) is 0 Å². The third-order valence-corrected chi connectivity index (χ3v) is 4.80. The fourth-order valence-electron chi connectivity index (χ4n) is 3.25. The predicted octanol–water partition coefficient (Wildman–Crippen LogP) is 3.03. The van der Waals surface area contributed by atoms with Crippen molar-refractivity contribution in [1.82, 2.24) is 4.90 Å². The summed E-state index contributed by atoms with van der Waals surface area (Å²) in [5.41, 5.74) is 0. The zero-order valence-corrected chi connectivity index (χ0v) is 17.9. The van der Waals surface area contributed by atoms with E-state index in [4.69, 9.17) is 14.2 Å². The molecular weight excluding hydrogens is 362 g/mol. The van der Waals surface area contributed by atoms with Crippen LogP contribution in [0, 0.1) is 0 Å². The molecule has 0 radical (unpaired) electrons. The highest BCUT2D eigenvalue weighted by atomic mass is 16.7. The van der Waals surface area contributed by atoms with Gasteiger partial charge in [0.25, 0.3) is 0 Å². The number of likely N-dealkylation sites (N-methyl/N-ethyl adjacent to an activating group) is 1. The smallest absolute Gasteiger partial charge is 0.320 e. The SMILES string of the molecule is CCCCCCCCCCCC(=O)O[C@@H]1C[C@H](O)O[C@@H]1COC(=O)CN(C)C. The highest BCUT2D eigenvalue weighted by Crippen LogP contribution is 2.23. The molecule has 7 heteroatoms. The molecule has 0 amide bonds. The fourth-order valence-corrected chi connectivity index (χ4v) is 3.25. The predicted molar refractivity (Wildman–Crippen MR) is 107 cm³/mol. The maximum absolute atomic E-state index is 12.1. The first-order valence-electron chi connectivity index (χ1n) is 10.8. The van der Waals surface area contributed by atoms with Crippen molar-refractivity contribution < 1.29 is 28.9 Å².